The summed E-state index contributed by atoms with van der Waals surface area (Å²) in [5.74, 6) is 1.11. The Hall–Kier alpha value is -0.680. The molecule has 0 aromatic heterocycles. The quantitative estimate of drug-likeness (QED) is 0.806. The molecule has 1 aliphatic rings. The minimum Gasteiger partial charge on any atom is -0.383 e. The molecule has 2 rings (SSSR count). The normalized spacial score (nSPS) is 19.7. The number of hydrogen-bond acceptors (Lipinski definition) is 2. The fourth-order valence-electron chi connectivity index (χ4n) is 1.43. The van der Waals surface area contributed by atoms with Crippen LogP contribution in [-0.4, -0.2) is 16.6 Å². The Bertz CT molecular complexity index is 354. The molecular formula is C10H9F3OS. The van der Waals surface area contributed by atoms with Gasteiger partial charge in [0, 0.05) is 11.5 Å². The maximum Gasteiger partial charge on any atom is 0.416 e. The van der Waals surface area contributed by atoms with Crippen molar-refractivity contribution in [2.75, 3.05) is 11.5 Å². The van der Waals surface area contributed by atoms with Crippen molar-refractivity contribution in [2.24, 2.45) is 0 Å². The Balaban J connectivity index is 2.24. The minimum atomic E-state index is -4.31. The van der Waals surface area contributed by atoms with E-state index in [1.54, 1.807) is 11.8 Å². The first kappa shape index (κ1) is 10.8. The van der Waals surface area contributed by atoms with E-state index in [0.29, 0.717) is 17.1 Å². The lowest BCUT2D eigenvalue weighted by atomic mass is 9.96. The highest BCUT2D eigenvalue weighted by atomic mass is 32.2. The van der Waals surface area contributed by atoms with Crippen LogP contribution in [0.3, 0.4) is 0 Å². The zero-order valence-electron chi connectivity index (χ0n) is 7.71. The summed E-state index contributed by atoms with van der Waals surface area (Å²) in [5, 5.41) is 9.87. The molecule has 1 aromatic carbocycles. The standard InChI is InChI=1S/C10H9F3OS/c11-10(12,13)8-3-1-7(2-4-8)9(14)5-15-6-9/h1-4,14H,5-6H2. The minimum absolute atomic E-state index is 0.554. The first-order chi connectivity index (χ1) is 6.92. The van der Waals surface area contributed by atoms with Crippen molar-refractivity contribution in [2.45, 2.75) is 11.8 Å². The molecule has 0 radical (unpaired) electrons. The molecule has 0 spiro atoms. The number of aliphatic hydroxyl groups is 1. The second-order valence-electron chi connectivity index (χ2n) is 3.60. The molecule has 5 heteroatoms. The Kier molecular flexibility index (Phi) is 2.47. The van der Waals surface area contributed by atoms with Crippen LogP contribution in [0.2, 0.25) is 0 Å². The SMILES string of the molecule is OC1(c2ccc(C(F)(F)F)cc2)CSC1. The molecule has 0 amide bonds. The number of hydrogen-bond donors (Lipinski definition) is 1. The maximum atomic E-state index is 12.2. The molecule has 1 aliphatic heterocycles. The van der Waals surface area contributed by atoms with Gasteiger partial charge in [0.25, 0.3) is 0 Å². The summed E-state index contributed by atoms with van der Waals surface area (Å²) in [6.07, 6.45) is -4.31. The third-order valence-electron chi connectivity index (χ3n) is 2.43. The van der Waals surface area contributed by atoms with Gasteiger partial charge in [-0.25, -0.2) is 0 Å². The van der Waals surface area contributed by atoms with Crippen molar-refractivity contribution >= 4 is 11.8 Å². The largest absolute Gasteiger partial charge is 0.416 e. The van der Waals surface area contributed by atoms with Gasteiger partial charge in [-0.3, -0.25) is 0 Å². The number of alkyl halides is 3. The first-order valence-corrected chi connectivity index (χ1v) is 5.55. The molecule has 1 fully saturated rings. The lowest BCUT2D eigenvalue weighted by Gasteiger charge is -2.36. The Labute approximate surface area is 89.3 Å². The summed E-state index contributed by atoms with van der Waals surface area (Å²) in [5.41, 5.74) is -1.04. The molecule has 1 saturated heterocycles. The molecule has 1 aromatic rings. The van der Waals surface area contributed by atoms with Gasteiger partial charge < -0.3 is 5.11 Å². The molecule has 82 valence electrons. The smallest absolute Gasteiger partial charge is 0.383 e. The molecule has 1 heterocycles. The Morgan fingerprint density at radius 1 is 1.13 bits per heavy atom. The van der Waals surface area contributed by atoms with E-state index in [9.17, 15) is 18.3 Å². The van der Waals surface area contributed by atoms with Gasteiger partial charge in [0.1, 0.15) is 5.60 Å². The lowest BCUT2D eigenvalue weighted by Crippen LogP contribution is -2.39. The molecule has 0 aliphatic carbocycles. The summed E-state index contributed by atoms with van der Waals surface area (Å²) in [7, 11) is 0. The molecule has 15 heavy (non-hydrogen) atoms. The predicted octanol–water partition coefficient (Wildman–Crippen LogP) is 2.64. The molecule has 0 atom stereocenters. The molecule has 1 N–H and O–H groups in total. The van der Waals surface area contributed by atoms with Crippen LogP contribution in [0.5, 0.6) is 0 Å². The van der Waals surface area contributed by atoms with Crippen molar-refractivity contribution in [3.05, 3.63) is 35.4 Å². The van der Waals surface area contributed by atoms with Gasteiger partial charge in [-0.1, -0.05) is 12.1 Å². The molecule has 1 nitrogen and oxygen atoms in total. The summed E-state index contributed by atoms with van der Waals surface area (Å²) >= 11 is 1.58. The number of rotatable bonds is 1. The highest BCUT2D eigenvalue weighted by molar-refractivity contribution is 8.00. The summed E-state index contributed by atoms with van der Waals surface area (Å²) in [6, 6.07) is 4.72. The van der Waals surface area contributed by atoms with Crippen LogP contribution in [-0.2, 0) is 11.8 Å². The lowest BCUT2D eigenvalue weighted by molar-refractivity contribution is -0.137. The van der Waals surface area contributed by atoms with Gasteiger partial charge in [-0.05, 0) is 17.7 Å². The van der Waals surface area contributed by atoms with Crippen LogP contribution in [0.25, 0.3) is 0 Å². The van der Waals surface area contributed by atoms with Gasteiger partial charge in [0.15, 0.2) is 0 Å². The summed E-state index contributed by atoms with van der Waals surface area (Å²) in [6.45, 7) is 0. The third-order valence-corrected chi connectivity index (χ3v) is 3.79. The van der Waals surface area contributed by atoms with E-state index >= 15 is 0 Å². The van der Waals surface area contributed by atoms with Gasteiger partial charge in [-0.15, -0.1) is 0 Å². The zero-order valence-corrected chi connectivity index (χ0v) is 8.53. The number of thioether (sulfide) groups is 1. The second kappa shape index (κ2) is 3.42. The predicted molar refractivity (Wildman–Crippen MR) is 52.7 cm³/mol. The first-order valence-electron chi connectivity index (χ1n) is 4.40. The van der Waals surface area contributed by atoms with Gasteiger partial charge in [0.05, 0.1) is 5.56 Å². The topological polar surface area (TPSA) is 20.2 Å². The Morgan fingerprint density at radius 2 is 1.67 bits per heavy atom. The summed E-state index contributed by atoms with van der Waals surface area (Å²) in [4.78, 5) is 0. The molecule has 0 unspecified atom stereocenters. The van der Waals surface area contributed by atoms with Gasteiger partial charge >= 0.3 is 6.18 Å². The third kappa shape index (κ3) is 1.99. The summed E-state index contributed by atoms with van der Waals surface area (Å²) < 4.78 is 36.7. The molecule has 0 bridgehead atoms. The van der Waals surface area contributed by atoms with E-state index in [-0.39, 0.29) is 0 Å². The number of benzene rings is 1. The average molecular weight is 234 g/mol. The van der Waals surface area contributed by atoms with Crippen LogP contribution < -0.4 is 0 Å². The van der Waals surface area contributed by atoms with E-state index in [2.05, 4.69) is 0 Å². The fourth-order valence-corrected chi connectivity index (χ4v) is 2.36. The van der Waals surface area contributed by atoms with Gasteiger partial charge in [0.2, 0.25) is 0 Å². The molecular weight excluding hydrogens is 225 g/mol. The van der Waals surface area contributed by atoms with Crippen molar-refractivity contribution < 1.29 is 18.3 Å². The van der Waals surface area contributed by atoms with Crippen molar-refractivity contribution in [1.82, 2.24) is 0 Å². The Morgan fingerprint density at radius 3 is 2.00 bits per heavy atom. The second-order valence-corrected chi connectivity index (χ2v) is 4.59. The highest BCUT2D eigenvalue weighted by Gasteiger charge is 2.38. The number of halogens is 3. The fraction of sp³-hybridized carbons (Fsp3) is 0.400. The van der Waals surface area contributed by atoms with Crippen LogP contribution in [0.15, 0.2) is 24.3 Å². The van der Waals surface area contributed by atoms with E-state index < -0.39 is 17.3 Å². The van der Waals surface area contributed by atoms with E-state index in [0.717, 1.165) is 12.1 Å². The maximum absolute atomic E-state index is 12.2. The van der Waals surface area contributed by atoms with Crippen LogP contribution in [0.4, 0.5) is 13.2 Å². The zero-order chi connectivity index (χ0) is 11.1. The van der Waals surface area contributed by atoms with E-state index in [4.69, 9.17) is 0 Å². The average Bonchev–Trinajstić information content (AvgIpc) is 2.13. The van der Waals surface area contributed by atoms with Crippen LogP contribution in [0, 0.1) is 0 Å². The monoisotopic (exact) mass is 234 g/mol. The van der Waals surface area contributed by atoms with Crippen LogP contribution >= 0.6 is 11.8 Å². The van der Waals surface area contributed by atoms with Gasteiger partial charge in [-0.2, -0.15) is 24.9 Å². The highest BCUT2D eigenvalue weighted by Crippen LogP contribution is 2.39. The van der Waals surface area contributed by atoms with E-state index in [1.165, 1.54) is 12.1 Å². The van der Waals surface area contributed by atoms with Crippen molar-refractivity contribution in [1.29, 1.82) is 0 Å². The van der Waals surface area contributed by atoms with Crippen molar-refractivity contribution in [3.63, 3.8) is 0 Å². The molecule has 0 saturated carbocycles. The van der Waals surface area contributed by atoms with Crippen LogP contribution in [0.1, 0.15) is 11.1 Å². The van der Waals surface area contributed by atoms with E-state index in [1.807, 2.05) is 0 Å². The van der Waals surface area contributed by atoms with Crippen molar-refractivity contribution in [3.8, 4) is 0 Å².